The highest BCUT2D eigenvalue weighted by Crippen LogP contribution is 2.09. The summed E-state index contributed by atoms with van der Waals surface area (Å²) in [4.78, 5) is 34.3. The average Bonchev–Trinajstić information content (AvgIpc) is 2.50. The summed E-state index contributed by atoms with van der Waals surface area (Å²) in [6, 6.07) is 6.04. The van der Waals surface area contributed by atoms with Crippen LogP contribution in [0.4, 0.5) is 4.79 Å². The van der Waals surface area contributed by atoms with Crippen LogP contribution in [0.3, 0.4) is 0 Å². The Hall–Kier alpha value is -2.30. The first-order valence-electron chi connectivity index (χ1n) is 6.66. The summed E-state index contributed by atoms with van der Waals surface area (Å²) in [6.07, 6.45) is 0.587. The van der Waals surface area contributed by atoms with Gasteiger partial charge in [0, 0.05) is 4.47 Å². The third-order valence-electron chi connectivity index (χ3n) is 2.88. The summed E-state index contributed by atoms with van der Waals surface area (Å²) in [6.45, 7) is 1.56. The minimum absolute atomic E-state index is 0.428. The molecule has 2 rings (SSSR count). The maximum Gasteiger partial charge on any atom is 0.335 e. The standard InChI is InChI=1S/C13H15BrN6O3/c1-7(16-10-12(22)17-13(23)20-18-10)11(21)19-15-6-8-3-2-4-9(14)5-8/h2-7,10,16,18H,1H3,(H,19,21)(H2,17,20,22,23)/b15-6+. The molecule has 2 atom stereocenters. The summed E-state index contributed by atoms with van der Waals surface area (Å²) in [5.41, 5.74) is 7.86. The third kappa shape index (κ3) is 5.13. The Labute approximate surface area is 140 Å². The van der Waals surface area contributed by atoms with Crippen molar-refractivity contribution in [1.82, 2.24) is 26.9 Å². The van der Waals surface area contributed by atoms with Crippen LogP contribution in [0.15, 0.2) is 33.8 Å². The molecule has 4 amide bonds. The lowest BCUT2D eigenvalue weighted by atomic mass is 10.2. The summed E-state index contributed by atoms with van der Waals surface area (Å²) < 4.78 is 0.902. The molecule has 0 bridgehead atoms. The molecule has 1 fully saturated rings. The van der Waals surface area contributed by atoms with E-state index in [4.69, 9.17) is 0 Å². The molecular formula is C13H15BrN6O3. The maximum atomic E-state index is 11.9. The predicted molar refractivity (Wildman–Crippen MR) is 86.1 cm³/mol. The zero-order valence-corrected chi connectivity index (χ0v) is 13.7. The normalized spacial score (nSPS) is 19.1. The minimum Gasteiger partial charge on any atom is -0.281 e. The molecular weight excluding hydrogens is 368 g/mol. The van der Waals surface area contributed by atoms with E-state index in [1.807, 2.05) is 24.3 Å². The molecule has 1 aliphatic rings. The van der Waals surface area contributed by atoms with Gasteiger partial charge in [-0.25, -0.2) is 15.6 Å². The van der Waals surface area contributed by atoms with E-state index in [0.29, 0.717) is 0 Å². The third-order valence-corrected chi connectivity index (χ3v) is 3.37. The number of hydrogen-bond donors (Lipinski definition) is 5. The molecule has 122 valence electrons. The summed E-state index contributed by atoms with van der Waals surface area (Å²) in [5.74, 6) is -1.01. The van der Waals surface area contributed by atoms with Gasteiger partial charge in [0.05, 0.1) is 12.3 Å². The molecule has 9 nitrogen and oxygen atoms in total. The topological polar surface area (TPSA) is 124 Å². The van der Waals surface area contributed by atoms with Crippen molar-refractivity contribution < 1.29 is 14.4 Å². The Balaban J connectivity index is 1.83. The van der Waals surface area contributed by atoms with Crippen LogP contribution in [0, 0.1) is 0 Å². The smallest absolute Gasteiger partial charge is 0.281 e. The number of halogens is 1. The number of nitrogens with zero attached hydrogens (tertiary/aromatic N) is 1. The first kappa shape index (κ1) is 17.1. The number of benzene rings is 1. The second-order valence-electron chi connectivity index (χ2n) is 4.70. The number of hydrazone groups is 1. The quantitative estimate of drug-likeness (QED) is 0.348. The number of hydrogen-bond acceptors (Lipinski definition) is 6. The Morgan fingerprint density at radius 3 is 2.91 bits per heavy atom. The maximum absolute atomic E-state index is 11.9. The SMILES string of the molecule is CC(NC1NNC(=O)NC1=O)C(=O)N/N=C/c1cccc(Br)c1. The molecule has 1 heterocycles. The Morgan fingerprint density at radius 2 is 2.22 bits per heavy atom. The van der Waals surface area contributed by atoms with Gasteiger partial charge in [0.15, 0.2) is 6.17 Å². The fourth-order valence-electron chi connectivity index (χ4n) is 1.72. The van der Waals surface area contributed by atoms with Crippen molar-refractivity contribution in [2.45, 2.75) is 19.1 Å². The second-order valence-corrected chi connectivity index (χ2v) is 5.61. The molecule has 1 aromatic carbocycles. The molecule has 0 spiro atoms. The van der Waals surface area contributed by atoms with Gasteiger partial charge in [-0.05, 0) is 24.6 Å². The second kappa shape index (κ2) is 7.81. The van der Waals surface area contributed by atoms with Gasteiger partial charge in [0.25, 0.3) is 11.8 Å². The lowest BCUT2D eigenvalue weighted by Gasteiger charge is -2.26. The van der Waals surface area contributed by atoms with E-state index < -0.39 is 30.1 Å². The summed E-state index contributed by atoms with van der Waals surface area (Å²) in [7, 11) is 0. The zero-order valence-electron chi connectivity index (χ0n) is 12.1. The molecule has 1 aromatic rings. The van der Waals surface area contributed by atoms with Gasteiger partial charge in [-0.1, -0.05) is 28.1 Å². The lowest BCUT2D eigenvalue weighted by molar-refractivity contribution is -0.126. The monoisotopic (exact) mass is 382 g/mol. The van der Waals surface area contributed by atoms with Crippen molar-refractivity contribution in [1.29, 1.82) is 0 Å². The van der Waals surface area contributed by atoms with Crippen LogP contribution >= 0.6 is 15.9 Å². The zero-order chi connectivity index (χ0) is 16.8. The van der Waals surface area contributed by atoms with Gasteiger partial charge in [-0.2, -0.15) is 5.10 Å². The summed E-state index contributed by atoms with van der Waals surface area (Å²) >= 11 is 3.34. The van der Waals surface area contributed by atoms with E-state index in [1.54, 1.807) is 6.92 Å². The number of carbonyl (C=O) groups excluding carboxylic acids is 3. The van der Waals surface area contributed by atoms with E-state index in [0.717, 1.165) is 10.0 Å². The van der Waals surface area contributed by atoms with E-state index in [2.05, 4.69) is 47.9 Å². The van der Waals surface area contributed by atoms with Crippen LogP contribution in [0.2, 0.25) is 0 Å². The van der Waals surface area contributed by atoms with Gasteiger partial charge in [0.1, 0.15) is 0 Å². The van der Waals surface area contributed by atoms with Crippen LogP contribution < -0.4 is 26.9 Å². The van der Waals surface area contributed by atoms with Gasteiger partial charge in [-0.15, -0.1) is 0 Å². The predicted octanol–water partition coefficient (Wildman–Crippen LogP) is -0.453. The van der Waals surface area contributed by atoms with Crippen LogP contribution in [0.5, 0.6) is 0 Å². The van der Waals surface area contributed by atoms with Crippen LogP contribution in [0.1, 0.15) is 12.5 Å². The number of amides is 4. The molecule has 1 saturated heterocycles. The average molecular weight is 383 g/mol. The van der Waals surface area contributed by atoms with Crippen LogP contribution in [0.25, 0.3) is 0 Å². The van der Waals surface area contributed by atoms with Gasteiger partial charge in [-0.3, -0.25) is 25.6 Å². The number of nitrogens with one attached hydrogen (secondary N) is 5. The van der Waals surface area contributed by atoms with Crippen molar-refractivity contribution >= 4 is 40.0 Å². The van der Waals surface area contributed by atoms with Crippen molar-refractivity contribution in [3.8, 4) is 0 Å². The van der Waals surface area contributed by atoms with Gasteiger partial charge >= 0.3 is 6.03 Å². The van der Waals surface area contributed by atoms with E-state index in [1.165, 1.54) is 6.21 Å². The number of imide groups is 1. The number of carbonyl (C=O) groups is 3. The molecule has 0 saturated carbocycles. The molecule has 0 aromatic heterocycles. The largest absolute Gasteiger partial charge is 0.335 e. The molecule has 0 aliphatic carbocycles. The Morgan fingerprint density at radius 1 is 1.43 bits per heavy atom. The molecule has 0 radical (unpaired) electrons. The van der Waals surface area contributed by atoms with Crippen molar-refractivity contribution in [3.05, 3.63) is 34.3 Å². The van der Waals surface area contributed by atoms with Crippen LogP contribution in [-0.2, 0) is 9.59 Å². The number of urea groups is 1. The molecule has 5 N–H and O–H groups in total. The highest BCUT2D eigenvalue weighted by atomic mass is 79.9. The number of rotatable bonds is 5. The Kier molecular flexibility index (Phi) is 5.79. The lowest BCUT2D eigenvalue weighted by Crippen LogP contribution is -2.68. The fraction of sp³-hybridized carbons (Fsp3) is 0.231. The first-order valence-corrected chi connectivity index (χ1v) is 7.46. The highest BCUT2D eigenvalue weighted by molar-refractivity contribution is 9.10. The van der Waals surface area contributed by atoms with Gasteiger partial charge in [0.2, 0.25) is 0 Å². The Bertz CT molecular complexity index is 650. The number of hydrazine groups is 1. The molecule has 10 heteroatoms. The van der Waals surface area contributed by atoms with Crippen molar-refractivity contribution in [3.63, 3.8) is 0 Å². The van der Waals surface area contributed by atoms with Gasteiger partial charge < -0.3 is 0 Å². The fourth-order valence-corrected chi connectivity index (χ4v) is 2.13. The van der Waals surface area contributed by atoms with Crippen LogP contribution in [-0.4, -0.2) is 36.3 Å². The van der Waals surface area contributed by atoms with E-state index >= 15 is 0 Å². The summed E-state index contributed by atoms with van der Waals surface area (Å²) in [5, 5.41) is 8.63. The van der Waals surface area contributed by atoms with Crippen molar-refractivity contribution in [2.75, 3.05) is 0 Å². The first-order chi connectivity index (χ1) is 11.0. The van der Waals surface area contributed by atoms with E-state index in [-0.39, 0.29) is 0 Å². The highest BCUT2D eigenvalue weighted by Gasteiger charge is 2.28. The molecule has 1 aliphatic heterocycles. The minimum atomic E-state index is -0.914. The van der Waals surface area contributed by atoms with Crippen molar-refractivity contribution in [2.24, 2.45) is 5.10 Å². The molecule has 2 unspecified atom stereocenters. The van der Waals surface area contributed by atoms with E-state index in [9.17, 15) is 14.4 Å². The molecule has 23 heavy (non-hydrogen) atoms.